The Morgan fingerprint density at radius 3 is 1.89 bits per heavy atom. The smallest absolute Gasteiger partial charge is 0.380 e. The maximum Gasteiger partial charge on any atom is 0.416 e. The van der Waals surface area contributed by atoms with E-state index in [0.717, 1.165) is 60.1 Å². The molecule has 4 nitrogen and oxygen atoms in total. The van der Waals surface area contributed by atoms with E-state index >= 15 is 0 Å². The van der Waals surface area contributed by atoms with E-state index in [1.807, 2.05) is 86.5 Å². The third-order valence-corrected chi connectivity index (χ3v) is 11.8. The second-order valence-electron chi connectivity index (χ2n) is 15.4. The Balaban J connectivity index is 0.000000215. The molecule has 0 saturated heterocycles. The van der Waals surface area contributed by atoms with Gasteiger partial charge < -0.3 is 20.0 Å². The van der Waals surface area contributed by atoms with Crippen LogP contribution in [0.2, 0.25) is 15.1 Å². The Bertz CT molecular complexity index is 2020. The van der Waals surface area contributed by atoms with E-state index in [4.69, 9.17) is 34.8 Å². The van der Waals surface area contributed by atoms with Crippen LogP contribution < -0.4 is 0 Å². The number of alkyl halides is 3. The molecule has 300 valence electrons. The van der Waals surface area contributed by atoms with Gasteiger partial charge in [0.25, 0.3) is 0 Å². The normalized spacial score (nSPS) is 25.8. The van der Waals surface area contributed by atoms with E-state index in [1.54, 1.807) is 30.3 Å². The Labute approximate surface area is 343 Å². The topological polar surface area (TPSA) is 46.9 Å². The molecule has 0 amide bonds. The standard InChI is InChI=1S/C23H25ClF3NO.C22H24Cl2FNO/c1-28(2)15-20-8-4-5-17(13-16-9-11-21(24)12-10-16)22(20,29)18-6-3-7-19(14-18)23(25,26)27;1-14-4-11-21(26(2)3)22(27,16-7-10-20(25)19(24)13-16)18(14)12-15-5-8-17(23)9-6-15/h3,6-7,9-14,20,29H,4-5,8,15H2,1-2H3;5-10,12-14,21,27H,4,11H2,1-3H3. The fraction of sp³-hybridized carbons (Fsp3) is 0.378. The average molecular weight is 832 g/mol. The van der Waals surface area contributed by atoms with Gasteiger partial charge in [0, 0.05) is 28.5 Å². The lowest BCUT2D eigenvalue weighted by Gasteiger charge is -2.48. The van der Waals surface area contributed by atoms with Crippen LogP contribution in [0, 0.1) is 17.7 Å². The van der Waals surface area contributed by atoms with E-state index in [2.05, 4.69) is 6.92 Å². The van der Waals surface area contributed by atoms with E-state index < -0.39 is 28.8 Å². The molecule has 0 aliphatic heterocycles. The summed E-state index contributed by atoms with van der Waals surface area (Å²) in [4.78, 5) is 3.99. The van der Waals surface area contributed by atoms with Crippen LogP contribution in [-0.2, 0) is 17.4 Å². The van der Waals surface area contributed by atoms with Crippen molar-refractivity contribution >= 4 is 47.0 Å². The number of likely N-dealkylation sites (N-methyl/N-ethyl adjacent to an activating group) is 1. The van der Waals surface area contributed by atoms with Crippen molar-refractivity contribution in [3.63, 3.8) is 0 Å². The van der Waals surface area contributed by atoms with Crippen molar-refractivity contribution in [1.82, 2.24) is 9.80 Å². The van der Waals surface area contributed by atoms with E-state index in [-0.39, 0.29) is 22.9 Å². The largest absolute Gasteiger partial charge is 0.416 e. The summed E-state index contributed by atoms with van der Waals surface area (Å²) in [6, 6.07) is 24.2. The molecule has 0 spiro atoms. The molecule has 0 bridgehead atoms. The van der Waals surface area contributed by atoms with E-state index in [9.17, 15) is 27.8 Å². The zero-order valence-electron chi connectivity index (χ0n) is 32.2. The maximum atomic E-state index is 13.8. The molecule has 0 aromatic heterocycles. The van der Waals surface area contributed by atoms with Crippen LogP contribution in [0.4, 0.5) is 17.6 Å². The molecule has 2 saturated carbocycles. The van der Waals surface area contributed by atoms with Crippen molar-refractivity contribution < 1.29 is 27.8 Å². The summed E-state index contributed by atoms with van der Waals surface area (Å²) in [5.74, 6) is -0.531. The first-order chi connectivity index (χ1) is 26.3. The van der Waals surface area contributed by atoms with Crippen molar-refractivity contribution in [1.29, 1.82) is 0 Å². The summed E-state index contributed by atoms with van der Waals surface area (Å²) >= 11 is 18.0. The van der Waals surface area contributed by atoms with Crippen LogP contribution in [0.5, 0.6) is 0 Å². The summed E-state index contributed by atoms with van der Waals surface area (Å²) in [6.07, 6.45) is 3.48. The SMILES string of the molecule is CC1CCC(N(C)C)C(O)(c2ccc(F)c(Cl)c2)C1=Cc1ccc(Cl)cc1.CN(C)CC1CCCC(=Cc2ccc(Cl)cc2)C1(O)c1cccc(C(F)(F)F)c1. The molecule has 0 radical (unpaired) electrons. The number of nitrogens with zero attached hydrogens (tertiary/aromatic N) is 2. The second kappa shape index (κ2) is 18.2. The van der Waals surface area contributed by atoms with Gasteiger partial charge in [0.2, 0.25) is 0 Å². The third-order valence-electron chi connectivity index (χ3n) is 11.0. The van der Waals surface area contributed by atoms with Crippen molar-refractivity contribution in [2.45, 2.75) is 62.4 Å². The first-order valence-electron chi connectivity index (χ1n) is 18.7. The van der Waals surface area contributed by atoms with Gasteiger partial charge in [-0.2, -0.15) is 13.2 Å². The fourth-order valence-electron chi connectivity index (χ4n) is 8.22. The van der Waals surface area contributed by atoms with Crippen LogP contribution in [0.25, 0.3) is 12.2 Å². The number of hydrogen-bond donors (Lipinski definition) is 2. The summed E-state index contributed by atoms with van der Waals surface area (Å²) in [6.45, 7) is 2.69. The number of aliphatic hydroxyl groups is 2. The lowest BCUT2D eigenvalue weighted by atomic mass is 9.67. The molecule has 5 unspecified atom stereocenters. The van der Waals surface area contributed by atoms with Crippen LogP contribution in [0.1, 0.15) is 66.8 Å². The molecule has 2 aliphatic carbocycles. The highest BCUT2D eigenvalue weighted by Crippen LogP contribution is 2.49. The number of halogens is 7. The minimum atomic E-state index is -4.46. The van der Waals surface area contributed by atoms with E-state index in [0.29, 0.717) is 34.1 Å². The second-order valence-corrected chi connectivity index (χ2v) is 16.7. The van der Waals surface area contributed by atoms with Gasteiger partial charge in [-0.05, 0) is 148 Å². The molecule has 2 fully saturated rings. The molecule has 4 aromatic rings. The van der Waals surface area contributed by atoms with Gasteiger partial charge in [-0.1, -0.05) is 96.3 Å². The van der Waals surface area contributed by atoms with Gasteiger partial charge in [-0.3, -0.25) is 0 Å². The molecule has 2 aliphatic rings. The highest BCUT2D eigenvalue weighted by atomic mass is 35.5. The Kier molecular flexibility index (Phi) is 14.2. The Morgan fingerprint density at radius 1 is 0.750 bits per heavy atom. The van der Waals surface area contributed by atoms with Crippen molar-refractivity contribution in [3.05, 3.63) is 151 Å². The predicted molar refractivity (Wildman–Crippen MR) is 221 cm³/mol. The van der Waals surface area contributed by atoms with Crippen LogP contribution in [-0.4, -0.2) is 60.8 Å². The maximum absolute atomic E-state index is 13.8. The molecular formula is C45H49Cl3F4N2O2. The van der Waals surface area contributed by atoms with Gasteiger partial charge >= 0.3 is 6.18 Å². The van der Waals surface area contributed by atoms with Crippen molar-refractivity contribution in [2.24, 2.45) is 11.8 Å². The zero-order chi connectivity index (χ0) is 41.0. The quantitative estimate of drug-likeness (QED) is 0.182. The molecule has 56 heavy (non-hydrogen) atoms. The lowest BCUT2D eigenvalue weighted by molar-refractivity contribution is -0.137. The van der Waals surface area contributed by atoms with Gasteiger partial charge in [0.1, 0.15) is 17.0 Å². The molecule has 6 rings (SSSR count). The monoisotopic (exact) mass is 830 g/mol. The minimum absolute atomic E-state index is 0.0162. The fourth-order valence-corrected chi connectivity index (χ4v) is 8.65. The summed E-state index contributed by atoms with van der Waals surface area (Å²) < 4.78 is 53.7. The third kappa shape index (κ3) is 9.90. The van der Waals surface area contributed by atoms with Crippen LogP contribution in [0.3, 0.4) is 0 Å². The van der Waals surface area contributed by atoms with Crippen molar-refractivity contribution in [2.75, 3.05) is 34.7 Å². The molecule has 0 heterocycles. The van der Waals surface area contributed by atoms with Crippen LogP contribution in [0.15, 0.2) is 102 Å². The van der Waals surface area contributed by atoms with E-state index in [1.165, 1.54) is 12.1 Å². The first kappa shape index (κ1) is 43.9. The first-order valence-corrected chi connectivity index (χ1v) is 19.8. The number of benzene rings is 4. The number of hydrogen-bond acceptors (Lipinski definition) is 4. The molecule has 5 atom stereocenters. The summed E-state index contributed by atoms with van der Waals surface area (Å²) in [5.41, 5.74) is 0.880. The highest BCUT2D eigenvalue weighted by molar-refractivity contribution is 6.31. The molecular weight excluding hydrogens is 783 g/mol. The predicted octanol–water partition coefficient (Wildman–Crippen LogP) is 11.8. The highest BCUT2D eigenvalue weighted by Gasteiger charge is 2.48. The molecule has 4 aromatic carbocycles. The van der Waals surface area contributed by atoms with Gasteiger partial charge in [0.05, 0.1) is 10.6 Å². The van der Waals surface area contributed by atoms with Gasteiger partial charge in [0.15, 0.2) is 0 Å². The zero-order valence-corrected chi connectivity index (χ0v) is 34.5. The Morgan fingerprint density at radius 2 is 1.34 bits per heavy atom. The molecule has 11 heteroatoms. The number of rotatable bonds is 7. The summed E-state index contributed by atoms with van der Waals surface area (Å²) in [7, 11) is 7.72. The lowest BCUT2D eigenvalue weighted by Crippen LogP contribution is -2.53. The molecule has 2 N–H and O–H groups in total. The average Bonchev–Trinajstić information content (AvgIpc) is 3.14. The minimum Gasteiger partial charge on any atom is -0.380 e. The van der Waals surface area contributed by atoms with Gasteiger partial charge in [-0.25, -0.2) is 4.39 Å². The van der Waals surface area contributed by atoms with Crippen molar-refractivity contribution in [3.8, 4) is 0 Å². The Hall–Kier alpha value is -3.21. The summed E-state index contributed by atoms with van der Waals surface area (Å²) in [5, 5.41) is 25.2. The van der Waals surface area contributed by atoms with Gasteiger partial charge in [-0.15, -0.1) is 0 Å². The van der Waals surface area contributed by atoms with Crippen LogP contribution >= 0.6 is 34.8 Å².